The molecule has 3 rings (SSSR count). The monoisotopic (exact) mass is 440 g/mol. The van der Waals surface area contributed by atoms with Crippen LogP contribution in [0.15, 0.2) is 36.0 Å². The molecule has 1 aromatic carbocycles. The molecule has 1 aliphatic carbocycles. The van der Waals surface area contributed by atoms with Gasteiger partial charge in [-0.15, -0.1) is 0 Å². The van der Waals surface area contributed by atoms with Crippen molar-refractivity contribution >= 4 is 11.6 Å². The van der Waals surface area contributed by atoms with Crippen molar-refractivity contribution in [1.82, 2.24) is 10.2 Å². The number of nitrogens with one attached hydrogen (secondary N) is 1. The molecule has 0 spiro atoms. The number of carbonyl (C=O) groups is 1. The summed E-state index contributed by atoms with van der Waals surface area (Å²) < 4.78 is 13.2. The van der Waals surface area contributed by atoms with Crippen molar-refractivity contribution in [3.8, 4) is 6.07 Å². The molecule has 32 heavy (non-hydrogen) atoms. The van der Waals surface area contributed by atoms with E-state index in [-0.39, 0.29) is 23.3 Å². The van der Waals surface area contributed by atoms with Crippen molar-refractivity contribution < 1.29 is 9.18 Å². The second-order valence-corrected chi connectivity index (χ2v) is 9.08. The quantitative estimate of drug-likeness (QED) is 0.520. The highest BCUT2D eigenvalue weighted by atomic mass is 19.1. The summed E-state index contributed by atoms with van der Waals surface area (Å²) in [6.45, 7) is 2.98. The fourth-order valence-electron chi connectivity index (χ4n) is 4.65. The Kier molecular flexibility index (Phi) is 9.87. The molecular weight excluding hydrogens is 403 g/mol. The molecule has 0 aromatic heterocycles. The van der Waals surface area contributed by atoms with Crippen LogP contribution < -0.4 is 10.2 Å². The molecule has 1 heterocycles. The molecule has 1 saturated heterocycles. The Morgan fingerprint density at radius 1 is 0.906 bits per heavy atom. The van der Waals surface area contributed by atoms with Gasteiger partial charge in [-0.25, -0.2) is 4.39 Å². The number of piperazine rings is 1. The average Bonchev–Trinajstić information content (AvgIpc) is 2.80. The molecule has 0 radical (unpaired) electrons. The van der Waals surface area contributed by atoms with Crippen LogP contribution in [0.5, 0.6) is 0 Å². The molecule has 1 amide bonds. The highest BCUT2D eigenvalue weighted by Crippen LogP contribution is 2.19. The molecule has 6 heteroatoms. The second kappa shape index (κ2) is 13.1. The Hall–Kier alpha value is -2.55. The van der Waals surface area contributed by atoms with Crippen molar-refractivity contribution in [2.45, 2.75) is 76.7 Å². The number of carbonyl (C=O) groups excluding carboxylic acids is 1. The minimum absolute atomic E-state index is 0.161. The van der Waals surface area contributed by atoms with Gasteiger partial charge in [0.15, 0.2) is 0 Å². The van der Waals surface area contributed by atoms with Gasteiger partial charge >= 0.3 is 0 Å². The SMILES string of the molecule is N#C/C(=C/N1CCN(c2ccc(F)cc2)CC1)C(=O)NC1CCCCCCCCCCC1. The van der Waals surface area contributed by atoms with E-state index in [0.717, 1.165) is 57.5 Å². The summed E-state index contributed by atoms with van der Waals surface area (Å²) in [5.41, 5.74) is 1.18. The third-order valence-electron chi connectivity index (χ3n) is 6.62. The zero-order valence-corrected chi connectivity index (χ0v) is 19.2. The van der Waals surface area contributed by atoms with Crippen LogP contribution in [-0.4, -0.2) is 43.0 Å². The summed E-state index contributed by atoms with van der Waals surface area (Å²) >= 11 is 0. The fourth-order valence-corrected chi connectivity index (χ4v) is 4.65. The zero-order valence-electron chi connectivity index (χ0n) is 19.2. The topological polar surface area (TPSA) is 59.4 Å². The third kappa shape index (κ3) is 7.85. The lowest BCUT2D eigenvalue weighted by atomic mass is 9.97. The molecule has 0 unspecified atom stereocenters. The third-order valence-corrected chi connectivity index (χ3v) is 6.62. The van der Waals surface area contributed by atoms with E-state index in [1.165, 1.54) is 57.1 Å². The predicted octanol–water partition coefficient (Wildman–Crippen LogP) is 5.14. The summed E-state index contributed by atoms with van der Waals surface area (Å²) in [7, 11) is 0. The van der Waals surface area contributed by atoms with Crippen LogP contribution in [0, 0.1) is 17.1 Å². The van der Waals surface area contributed by atoms with Gasteiger partial charge in [0.1, 0.15) is 17.5 Å². The molecular formula is C26H37FN4O. The van der Waals surface area contributed by atoms with Crippen LogP contribution in [0.25, 0.3) is 0 Å². The van der Waals surface area contributed by atoms with Crippen LogP contribution in [0.1, 0.15) is 70.6 Å². The first-order valence-corrected chi connectivity index (χ1v) is 12.3. The molecule has 174 valence electrons. The van der Waals surface area contributed by atoms with Crippen molar-refractivity contribution in [3.05, 3.63) is 41.9 Å². The van der Waals surface area contributed by atoms with E-state index < -0.39 is 0 Å². The number of rotatable bonds is 4. The Morgan fingerprint density at radius 3 is 1.97 bits per heavy atom. The number of benzene rings is 1. The number of anilines is 1. The van der Waals surface area contributed by atoms with Gasteiger partial charge in [-0.3, -0.25) is 4.79 Å². The minimum Gasteiger partial charge on any atom is -0.373 e. The van der Waals surface area contributed by atoms with E-state index in [0.29, 0.717) is 0 Å². The summed E-state index contributed by atoms with van der Waals surface area (Å²) in [4.78, 5) is 17.1. The van der Waals surface area contributed by atoms with Crippen molar-refractivity contribution in [2.24, 2.45) is 0 Å². The maximum absolute atomic E-state index is 13.2. The Balaban J connectivity index is 1.51. The number of halogens is 1. The van der Waals surface area contributed by atoms with E-state index in [1.807, 2.05) is 4.90 Å². The van der Waals surface area contributed by atoms with Crippen molar-refractivity contribution in [2.75, 3.05) is 31.1 Å². The Labute approximate surface area is 192 Å². The molecule has 0 bridgehead atoms. The largest absolute Gasteiger partial charge is 0.373 e. The Bertz CT molecular complexity index is 766. The first-order valence-electron chi connectivity index (χ1n) is 12.3. The normalized spacial score (nSPS) is 20.1. The fraction of sp³-hybridized carbons (Fsp3) is 0.615. The second-order valence-electron chi connectivity index (χ2n) is 9.08. The minimum atomic E-state index is -0.245. The maximum atomic E-state index is 13.2. The van der Waals surface area contributed by atoms with Crippen molar-refractivity contribution in [3.63, 3.8) is 0 Å². The number of nitrogens with zero attached hydrogens (tertiary/aromatic N) is 3. The number of amides is 1. The van der Waals surface area contributed by atoms with Crippen LogP contribution in [0.2, 0.25) is 0 Å². The molecule has 1 N–H and O–H groups in total. The summed E-state index contributed by atoms with van der Waals surface area (Å²) in [6.07, 6.45) is 15.0. The summed E-state index contributed by atoms with van der Waals surface area (Å²) in [5, 5.41) is 12.8. The van der Waals surface area contributed by atoms with E-state index >= 15 is 0 Å². The number of nitriles is 1. The molecule has 1 aromatic rings. The Morgan fingerprint density at radius 2 is 1.44 bits per heavy atom. The van der Waals surface area contributed by atoms with E-state index in [2.05, 4.69) is 16.3 Å². The van der Waals surface area contributed by atoms with Gasteiger partial charge in [-0.1, -0.05) is 57.8 Å². The molecule has 2 fully saturated rings. The number of hydrogen-bond donors (Lipinski definition) is 1. The molecule has 5 nitrogen and oxygen atoms in total. The van der Waals surface area contributed by atoms with Crippen LogP contribution in [-0.2, 0) is 4.79 Å². The highest BCUT2D eigenvalue weighted by molar-refractivity contribution is 5.97. The summed E-state index contributed by atoms with van der Waals surface area (Å²) in [6, 6.07) is 8.80. The molecule has 1 saturated carbocycles. The standard InChI is InChI=1S/C26H37FN4O/c27-23-12-14-25(15-13-23)31-18-16-30(17-19-31)21-22(20-28)26(32)29-24-10-8-6-4-2-1-3-5-7-9-11-24/h12-15,21,24H,1-11,16-19H2,(H,29,32)/b22-21-. The molecule has 1 aliphatic heterocycles. The van der Waals surface area contributed by atoms with Gasteiger partial charge in [0.2, 0.25) is 0 Å². The first kappa shape index (κ1) is 24.1. The summed E-state index contributed by atoms with van der Waals surface area (Å²) in [5.74, 6) is -0.480. The van der Waals surface area contributed by atoms with E-state index in [1.54, 1.807) is 18.3 Å². The van der Waals surface area contributed by atoms with Gasteiger partial charge in [-0.2, -0.15) is 5.26 Å². The van der Waals surface area contributed by atoms with Crippen LogP contribution in [0.4, 0.5) is 10.1 Å². The van der Waals surface area contributed by atoms with Crippen LogP contribution >= 0.6 is 0 Å². The molecule has 0 atom stereocenters. The van der Waals surface area contributed by atoms with E-state index in [9.17, 15) is 14.4 Å². The van der Waals surface area contributed by atoms with Gasteiger partial charge < -0.3 is 15.1 Å². The van der Waals surface area contributed by atoms with Gasteiger partial charge in [0.25, 0.3) is 5.91 Å². The predicted molar refractivity (Wildman–Crippen MR) is 127 cm³/mol. The van der Waals surface area contributed by atoms with E-state index in [4.69, 9.17) is 0 Å². The van der Waals surface area contributed by atoms with Crippen LogP contribution in [0.3, 0.4) is 0 Å². The number of hydrogen-bond acceptors (Lipinski definition) is 4. The highest BCUT2D eigenvalue weighted by Gasteiger charge is 2.20. The van der Waals surface area contributed by atoms with Gasteiger partial charge in [0.05, 0.1) is 0 Å². The lowest BCUT2D eigenvalue weighted by molar-refractivity contribution is -0.118. The lowest BCUT2D eigenvalue weighted by Crippen LogP contribution is -2.44. The maximum Gasteiger partial charge on any atom is 0.263 e. The van der Waals surface area contributed by atoms with Gasteiger partial charge in [-0.05, 0) is 37.1 Å². The zero-order chi connectivity index (χ0) is 22.6. The lowest BCUT2D eigenvalue weighted by Gasteiger charge is -2.35. The first-order chi connectivity index (χ1) is 15.7. The average molecular weight is 441 g/mol. The van der Waals surface area contributed by atoms with Crippen molar-refractivity contribution in [1.29, 1.82) is 5.26 Å². The van der Waals surface area contributed by atoms with Gasteiger partial charge in [0, 0.05) is 44.1 Å². The smallest absolute Gasteiger partial charge is 0.263 e. The molecule has 2 aliphatic rings.